The largest absolute Gasteiger partial charge is 0.340 e. The third kappa shape index (κ3) is 3.11. The summed E-state index contributed by atoms with van der Waals surface area (Å²) < 4.78 is 1.77. The van der Waals surface area contributed by atoms with Gasteiger partial charge < -0.3 is 10.2 Å². The Labute approximate surface area is 123 Å². The topological polar surface area (TPSA) is 63.1 Å². The van der Waals surface area contributed by atoms with Crippen molar-refractivity contribution in [3.05, 3.63) is 47.8 Å². The van der Waals surface area contributed by atoms with Gasteiger partial charge >= 0.3 is 0 Å². The van der Waals surface area contributed by atoms with E-state index in [0.29, 0.717) is 18.3 Å². The molecular formula is C15H19N5O. The van der Waals surface area contributed by atoms with Crippen molar-refractivity contribution >= 4 is 5.91 Å². The molecule has 1 aromatic carbocycles. The SMILES string of the molecule is CN(CCc1ccccc1)C(=O)c1cn(C2CNC2)nn1. The van der Waals surface area contributed by atoms with Crippen LogP contribution in [0.5, 0.6) is 0 Å². The van der Waals surface area contributed by atoms with Crippen molar-refractivity contribution in [3.8, 4) is 0 Å². The van der Waals surface area contributed by atoms with Crippen molar-refractivity contribution in [2.24, 2.45) is 0 Å². The summed E-state index contributed by atoms with van der Waals surface area (Å²) in [7, 11) is 1.80. The molecule has 3 rings (SSSR count). The van der Waals surface area contributed by atoms with Crippen LogP contribution in [0.3, 0.4) is 0 Å². The molecule has 110 valence electrons. The standard InChI is InChI=1S/C15H19N5O/c1-19(8-7-12-5-3-2-4-6-12)15(21)14-11-20(18-17-14)13-9-16-10-13/h2-6,11,13,16H,7-10H2,1H3. The van der Waals surface area contributed by atoms with E-state index in [1.54, 1.807) is 22.8 Å². The molecule has 1 aliphatic heterocycles. The smallest absolute Gasteiger partial charge is 0.275 e. The first kappa shape index (κ1) is 13.8. The second kappa shape index (κ2) is 6.05. The summed E-state index contributed by atoms with van der Waals surface area (Å²) >= 11 is 0. The lowest BCUT2D eigenvalue weighted by molar-refractivity contribution is 0.0790. The van der Waals surface area contributed by atoms with Crippen LogP contribution in [0.1, 0.15) is 22.1 Å². The first-order chi connectivity index (χ1) is 10.2. The van der Waals surface area contributed by atoms with Crippen LogP contribution in [0.4, 0.5) is 0 Å². The van der Waals surface area contributed by atoms with E-state index in [-0.39, 0.29) is 5.91 Å². The van der Waals surface area contributed by atoms with Crippen LogP contribution in [0.25, 0.3) is 0 Å². The number of aromatic nitrogens is 3. The number of hydrogen-bond donors (Lipinski definition) is 1. The minimum atomic E-state index is -0.0792. The fourth-order valence-corrected chi connectivity index (χ4v) is 2.25. The summed E-state index contributed by atoms with van der Waals surface area (Å²) in [6.07, 6.45) is 2.58. The number of hydrogen-bond acceptors (Lipinski definition) is 4. The molecule has 0 spiro atoms. The van der Waals surface area contributed by atoms with Crippen molar-refractivity contribution in [2.75, 3.05) is 26.7 Å². The van der Waals surface area contributed by atoms with Gasteiger partial charge in [0.25, 0.3) is 5.91 Å². The third-order valence-electron chi connectivity index (χ3n) is 3.79. The van der Waals surface area contributed by atoms with Gasteiger partial charge in [-0.2, -0.15) is 0 Å². The van der Waals surface area contributed by atoms with Gasteiger partial charge in [-0.25, -0.2) is 4.68 Å². The Morgan fingerprint density at radius 1 is 1.38 bits per heavy atom. The average Bonchev–Trinajstić information content (AvgIpc) is 2.92. The van der Waals surface area contributed by atoms with Gasteiger partial charge in [0.05, 0.1) is 12.2 Å². The van der Waals surface area contributed by atoms with Crippen LogP contribution in [0.2, 0.25) is 0 Å². The lowest BCUT2D eigenvalue weighted by Crippen LogP contribution is -2.43. The predicted octanol–water partition coefficient (Wildman–Crippen LogP) is 0.737. The van der Waals surface area contributed by atoms with Crippen LogP contribution in [0.15, 0.2) is 36.5 Å². The lowest BCUT2D eigenvalue weighted by atomic mass is 10.1. The first-order valence-corrected chi connectivity index (χ1v) is 7.16. The summed E-state index contributed by atoms with van der Waals surface area (Å²) in [6.45, 7) is 2.45. The van der Waals surface area contributed by atoms with Gasteiger partial charge in [0, 0.05) is 26.7 Å². The summed E-state index contributed by atoms with van der Waals surface area (Å²) in [6, 6.07) is 10.5. The predicted molar refractivity (Wildman–Crippen MR) is 79.0 cm³/mol. The van der Waals surface area contributed by atoms with Crippen molar-refractivity contribution in [1.82, 2.24) is 25.2 Å². The summed E-state index contributed by atoms with van der Waals surface area (Å²) in [5, 5.41) is 11.2. The second-order valence-electron chi connectivity index (χ2n) is 5.36. The summed E-state index contributed by atoms with van der Waals surface area (Å²) in [5.74, 6) is -0.0792. The van der Waals surface area contributed by atoms with Crippen LogP contribution in [-0.2, 0) is 6.42 Å². The molecule has 0 aliphatic carbocycles. The molecule has 1 aromatic heterocycles. The quantitative estimate of drug-likeness (QED) is 0.880. The molecule has 2 heterocycles. The molecule has 0 radical (unpaired) electrons. The highest BCUT2D eigenvalue weighted by Crippen LogP contribution is 2.11. The zero-order valence-electron chi connectivity index (χ0n) is 12.1. The highest BCUT2D eigenvalue weighted by atomic mass is 16.2. The Bertz CT molecular complexity index is 606. The molecule has 1 N–H and O–H groups in total. The number of likely N-dealkylation sites (N-methyl/N-ethyl adjacent to an activating group) is 1. The zero-order chi connectivity index (χ0) is 14.7. The van der Waals surface area contributed by atoms with Crippen molar-refractivity contribution in [1.29, 1.82) is 0 Å². The molecule has 21 heavy (non-hydrogen) atoms. The second-order valence-corrected chi connectivity index (χ2v) is 5.36. The van der Waals surface area contributed by atoms with Gasteiger partial charge in [-0.3, -0.25) is 4.79 Å². The van der Waals surface area contributed by atoms with E-state index in [4.69, 9.17) is 0 Å². The Morgan fingerprint density at radius 2 is 2.14 bits per heavy atom. The van der Waals surface area contributed by atoms with E-state index >= 15 is 0 Å². The molecule has 0 unspecified atom stereocenters. The fourth-order valence-electron chi connectivity index (χ4n) is 2.25. The normalized spacial score (nSPS) is 14.7. The molecule has 6 nitrogen and oxygen atoms in total. The molecule has 6 heteroatoms. The Hall–Kier alpha value is -2.21. The zero-order valence-corrected chi connectivity index (χ0v) is 12.1. The molecule has 0 bridgehead atoms. The van der Waals surface area contributed by atoms with Crippen LogP contribution >= 0.6 is 0 Å². The highest BCUT2D eigenvalue weighted by molar-refractivity contribution is 5.91. The van der Waals surface area contributed by atoms with E-state index < -0.39 is 0 Å². The number of rotatable bonds is 5. The summed E-state index contributed by atoms with van der Waals surface area (Å²) in [4.78, 5) is 14.0. The van der Waals surface area contributed by atoms with E-state index in [2.05, 4.69) is 27.8 Å². The number of carbonyl (C=O) groups is 1. The van der Waals surface area contributed by atoms with E-state index in [1.807, 2.05) is 18.2 Å². The number of benzene rings is 1. The number of carbonyl (C=O) groups excluding carboxylic acids is 1. The van der Waals surface area contributed by atoms with Gasteiger partial charge in [0.15, 0.2) is 5.69 Å². The van der Waals surface area contributed by atoms with Crippen LogP contribution in [0, 0.1) is 0 Å². The number of nitrogens with zero attached hydrogens (tertiary/aromatic N) is 4. The maximum Gasteiger partial charge on any atom is 0.275 e. The molecule has 0 atom stereocenters. The Kier molecular flexibility index (Phi) is 3.96. The number of nitrogens with one attached hydrogen (secondary N) is 1. The Morgan fingerprint density at radius 3 is 2.81 bits per heavy atom. The van der Waals surface area contributed by atoms with Crippen molar-refractivity contribution < 1.29 is 4.79 Å². The van der Waals surface area contributed by atoms with E-state index in [0.717, 1.165) is 19.5 Å². The van der Waals surface area contributed by atoms with Gasteiger partial charge in [0.1, 0.15) is 0 Å². The molecule has 0 saturated carbocycles. The minimum Gasteiger partial charge on any atom is -0.340 e. The van der Waals surface area contributed by atoms with Gasteiger partial charge in [-0.05, 0) is 12.0 Å². The van der Waals surface area contributed by atoms with Crippen LogP contribution < -0.4 is 5.32 Å². The van der Waals surface area contributed by atoms with E-state index in [1.165, 1.54) is 5.56 Å². The summed E-state index contributed by atoms with van der Waals surface area (Å²) in [5.41, 5.74) is 1.64. The third-order valence-corrected chi connectivity index (χ3v) is 3.79. The van der Waals surface area contributed by atoms with Gasteiger partial charge in [-0.15, -0.1) is 5.10 Å². The van der Waals surface area contributed by atoms with Crippen LogP contribution in [-0.4, -0.2) is 52.5 Å². The van der Waals surface area contributed by atoms with Crippen molar-refractivity contribution in [3.63, 3.8) is 0 Å². The fraction of sp³-hybridized carbons (Fsp3) is 0.400. The Balaban J connectivity index is 1.57. The maximum absolute atomic E-state index is 12.3. The molecular weight excluding hydrogens is 266 g/mol. The molecule has 1 fully saturated rings. The minimum absolute atomic E-state index is 0.0792. The first-order valence-electron chi connectivity index (χ1n) is 7.16. The maximum atomic E-state index is 12.3. The molecule has 2 aromatic rings. The lowest BCUT2D eigenvalue weighted by Gasteiger charge is -2.26. The molecule has 1 aliphatic rings. The number of amides is 1. The van der Waals surface area contributed by atoms with Crippen molar-refractivity contribution in [2.45, 2.75) is 12.5 Å². The van der Waals surface area contributed by atoms with Gasteiger partial charge in [0.2, 0.25) is 0 Å². The molecule has 1 amide bonds. The average molecular weight is 285 g/mol. The molecule has 1 saturated heterocycles. The highest BCUT2D eigenvalue weighted by Gasteiger charge is 2.22. The monoisotopic (exact) mass is 285 g/mol. The van der Waals surface area contributed by atoms with E-state index in [9.17, 15) is 4.79 Å². The van der Waals surface area contributed by atoms with Gasteiger partial charge in [-0.1, -0.05) is 35.5 Å².